The van der Waals surface area contributed by atoms with Crippen LogP contribution in [0.3, 0.4) is 0 Å². The maximum Gasteiger partial charge on any atom is 0.339 e. The quantitative estimate of drug-likeness (QED) is 0.289. The van der Waals surface area contributed by atoms with Gasteiger partial charge in [0.25, 0.3) is 0 Å². The van der Waals surface area contributed by atoms with Crippen molar-refractivity contribution in [3.05, 3.63) is 54.1 Å². The van der Waals surface area contributed by atoms with Crippen LogP contribution in [0, 0.1) is 5.41 Å². The number of aromatic carboxylic acids is 1. The molecule has 0 unspecified atom stereocenters. The average Bonchev–Trinajstić information content (AvgIpc) is 2.55. The van der Waals surface area contributed by atoms with Gasteiger partial charge >= 0.3 is 11.9 Å². The van der Waals surface area contributed by atoms with Gasteiger partial charge in [-0.2, -0.15) is 0 Å². The Morgan fingerprint density at radius 1 is 1.12 bits per heavy atom. The van der Waals surface area contributed by atoms with Crippen LogP contribution in [0.25, 0.3) is 0 Å². The Morgan fingerprint density at radius 2 is 1.72 bits per heavy atom. The van der Waals surface area contributed by atoms with Crippen LogP contribution < -0.4 is 20.5 Å². The first-order valence-electron chi connectivity index (χ1n) is 7.09. The molecule has 0 amide bonds. The second-order valence-corrected chi connectivity index (χ2v) is 4.66. The summed E-state index contributed by atoms with van der Waals surface area (Å²) in [7, 11) is 1.60. The number of esters is 1. The summed E-state index contributed by atoms with van der Waals surface area (Å²) < 4.78 is 9.65. The highest BCUT2D eigenvalue weighted by molar-refractivity contribution is 5.91. The molecular formula is C17H19N3O5. The Balaban J connectivity index is 0.000000251. The van der Waals surface area contributed by atoms with E-state index in [-0.39, 0.29) is 17.3 Å². The average molecular weight is 345 g/mol. The third kappa shape index (κ3) is 7.04. The molecule has 8 nitrogen and oxygen atoms in total. The number of hydrogen-bond donors (Lipinski definition) is 4. The molecule has 0 atom stereocenters. The minimum Gasteiger partial charge on any atom is -0.497 e. The number of nitrogens with two attached hydrogens (primary N) is 1. The fourth-order valence-corrected chi connectivity index (χ4v) is 1.72. The van der Waals surface area contributed by atoms with Crippen molar-refractivity contribution in [2.75, 3.05) is 12.4 Å². The van der Waals surface area contributed by atoms with E-state index in [1.54, 1.807) is 43.5 Å². The molecule has 132 valence electrons. The maximum atomic E-state index is 10.6. The van der Waals surface area contributed by atoms with Crippen molar-refractivity contribution >= 4 is 23.6 Å². The van der Waals surface area contributed by atoms with E-state index in [1.807, 2.05) is 0 Å². The van der Waals surface area contributed by atoms with Crippen molar-refractivity contribution in [1.29, 1.82) is 5.41 Å². The molecule has 8 heteroatoms. The van der Waals surface area contributed by atoms with Gasteiger partial charge < -0.3 is 25.6 Å². The van der Waals surface area contributed by atoms with Crippen molar-refractivity contribution < 1.29 is 24.2 Å². The van der Waals surface area contributed by atoms with E-state index in [0.717, 1.165) is 11.4 Å². The van der Waals surface area contributed by atoms with E-state index in [9.17, 15) is 9.59 Å². The summed E-state index contributed by atoms with van der Waals surface area (Å²) >= 11 is 0. The highest BCUT2D eigenvalue weighted by Crippen LogP contribution is 2.17. The number of para-hydroxylation sites is 1. The van der Waals surface area contributed by atoms with E-state index >= 15 is 0 Å². The molecule has 2 aromatic carbocycles. The van der Waals surface area contributed by atoms with Crippen molar-refractivity contribution in [1.82, 2.24) is 0 Å². The van der Waals surface area contributed by atoms with Gasteiger partial charge in [0, 0.05) is 12.6 Å². The van der Waals surface area contributed by atoms with E-state index in [1.165, 1.54) is 19.1 Å². The molecule has 0 saturated heterocycles. The summed E-state index contributed by atoms with van der Waals surface area (Å²) in [5, 5.41) is 18.3. The number of ether oxygens (including phenoxy) is 2. The van der Waals surface area contributed by atoms with Gasteiger partial charge in [-0.25, -0.2) is 4.79 Å². The molecule has 0 radical (unpaired) electrons. The lowest BCUT2D eigenvalue weighted by molar-refractivity contribution is -0.131. The molecule has 0 spiro atoms. The predicted molar refractivity (Wildman–Crippen MR) is 93.2 cm³/mol. The Bertz CT molecular complexity index is 744. The summed E-state index contributed by atoms with van der Waals surface area (Å²) in [5.41, 5.74) is 5.90. The molecule has 0 saturated carbocycles. The molecule has 0 aromatic heterocycles. The largest absolute Gasteiger partial charge is 0.497 e. The van der Waals surface area contributed by atoms with Gasteiger partial charge in [-0.05, 0) is 36.4 Å². The van der Waals surface area contributed by atoms with Gasteiger partial charge in [-0.15, -0.1) is 0 Å². The summed E-state index contributed by atoms with van der Waals surface area (Å²) in [6.07, 6.45) is 0. The molecular weight excluding hydrogens is 326 g/mol. The first-order chi connectivity index (χ1) is 11.8. The molecule has 0 aliphatic heterocycles. The molecule has 25 heavy (non-hydrogen) atoms. The number of carboxylic acid groups (broad SMARTS) is 1. The molecule has 0 aliphatic carbocycles. The van der Waals surface area contributed by atoms with Crippen LogP contribution in [0.15, 0.2) is 48.5 Å². The minimum atomic E-state index is -1.11. The molecule has 0 bridgehead atoms. The number of rotatable bonds is 4. The summed E-state index contributed by atoms with van der Waals surface area (Å²) in [6, 6.07) is 13.2. The van der Waals surface area contributed by atoms with Gasteiger partial charge in [0.2, 0.25) is 0 Å². The van der Waals surface area contributed by atoms with Gasteiger partial charge in [-0.1, -0.05) is 12.1 Å². The van der Waals surface area contributed by atoms with Crippen LogP contribution in [0.2, 0.25) is 0 Å². The van der Waals surface area contributed by atoms with E-state index < -0.39 is 11.9 Å². The van der Waals surface area contributed by atoms with Gasteiger partial charge in [-0.3, -0.25) is 10.2 Å². The zero-order chi connectivity index (χ0) is 18.8. The standard InChI is InChI=1S/C9H8O4.C8H11N3O/c1-6(10)13-8-5-3-2-4-7(8)9(11)12;1-12-7-4-2-6(3-5-7)11-8(9)10/h2-5H,1H3,(H,11,12);2-5H,1H3,(H4,9,10,11). The van der Waals surface area contributed by atoms with Crippen LogP contribution in [-0.2, 0) is 4.79 Å². The number of hydrogen-bond acceptors (Lipinski definition) is 5. The third-order valence-electron chi connectivity index (χ3n) is 2.74. The normalized spacial score (nSPS) is 9.20. The molecule has 0 heterocycles. The molecule has 5 N–H and O–H groups in total. The number of guanidine groups is 1. The van der Waals surface area contributed by atoms with Crippen molar-refractivity contribution in [2.45, 2.75) is 6.92 Å². The van der Waals surface area contributed by atoms with Gasteiger partial charge in [0.15, 0.2) is 5.96 Å². The zero-order valence-corrected chi connectivity index (χ0v) is 13.8. The van der Waals surface area contributed by atoms with Gasteiger partial charge in [0.1, 0.15) is 17.1 Å². The number of benzene rings is 2. The van der Waals surface area contributed by atoms with Crippen LogP contribution in [-0.4, -0.2) is 30.1 Å². The summed E-state index contributed by atoms with van der Waals surface area (Å²) in [6.45, 7) is 1.22. The van der Waals surface area contributed by atoms with Crippen LogP contribution in [0.1, 0.15) is 17.3 Å². The first-order valence-corrected chi connectivity index (χ1v) is 7.09. The molecule has 0 aliphatic rings. The summed E-state index contributed by atoms with van der Waals surface area (Å²) in [4.78, 5) is 21.2. The summed E-state index contributed by atoms with van der Waals surface area (Å²) in [5.74, 6) is -0.864. The lowest BCUT2D eigenvalue weighted by Gasteiger charge is -2.04. The molecule has 2 rings (SSSR count). The smallest absolute Gasteiger partial charge is 0.339 e. The monoisotopic (exact) mass is 345 g/mol. The SMILES string of the molecule is CC(=O)Oc1ccccc1C(=O)O.COc1ccc(NC(=N)N)cc1. The number of anilines is 1. The van der Waals surface area contributed by atoms with Crippen molar-refractivity contribution in [3.8, 4) is 11.5 Å². The van der Waals surface area contributed by atoms with E-state index in [2.05, 4.69) is 10.1 Å². The zero-order valence-electron chi connectivity index (χ0n) is 13.8. The maximum absolute atomic E-state index is 10.6. The highest BCUT2D eigenvalue weighted by Gasteiger charge is 2.10. The fourth-order valence-electron chi connectivity index (χ4n) is 1.72. The fraction of sp³-hybridized carbons (Fsp3) is 0.118. The second-order valence-electron chi connectivity index (χ2n) is 4.66. The van der Waals surface area contributed by atoms with Gasteiger partial charge in [0.05, 0.1) is 7.11 Å². The lowest BCUT2D eigenvalue weighted by Crippen LogP contribution is -2.20. The predicted octanol–water partition coefficient (Wildman–Crippen LogP) is 2.31. The van der Waals surface area contributed by atoms with E-state index in [0.29, 0.717) is 0 Å². The molecule has 2 aromatic rings. The molecule has 0 fully saturated rings. The third-order valence-corrected chi connectivity index (χ3v) is 2.74. The van der Waals surface area contributed by atoms with E-state index in [4.69, 9.17) is 21.0 Å². The Kier molecular flexibility index (Phi) is 7.45. The topological polar surface area (TPSA) is 135 Å². The first kappa shape index (κ1) is 19.5. The number of carbonyl (C=O) groups is 2. The van der Waals surface area contributed by atoms with Crippen molar-refractivity contribution in [2.24, 2.45) is 5.73 Å². The Labute approximate surface area is 144 Å². The number of carboxylic acids is 1. The lowest BCUT2D eigenvalue weighted by atomic mass is 10.2. The Hall–Kier alpha value is -3.55. The van der Waals surface area contributed by atoms with Crippen molar-refractivity contribution in [3.63, 3.8) is 0 Å². The minimum absolute atomic E-state index is 0.0160. The van der Waals surface area contributed by atoms with Crippen LogP contribution in [0.5, 0.6) is 11.5 Å². The highest BCUT2D eigenvalue weighted by atomic mass is 16.5. The Morgan fingerprint density at radius 3 is 2.20 bits per heavy atom. The van der Waals surface area contributed by atoms with Crippen LogP contribution >= 0.6 is 0 Å². The second kappa shape index (κ2) is 9.56. The number of carbonyl (C=O) groups excluding carboxylic acids is 1. The number of methoxy groups -OCH3 is 1. The van der Waals surface area contributed by atoms with Crippen LogP contribution in [0.4, 0.5) is 5.69 Å². The number of nitrogens with one attached hydrogen (secondary N) is 2.